The van der Waals surface area contributed by atoms with Gasteiger partial charge >= 0.3 is 0 Å². The van der Waals surface area contributed by atoms with Crippen LogP contribution in [0.4, 0.5) is 0 Å². The quantitative estimate of drug-likeness (QED) is 0.801. The largest absolute Gasteiger partial charge is 0.393 e. The number of thiocarbonyl (C=S) groups is 1. The van der Waals surface area contributed by atoms with Crippen molar-refractivity contribution < 1.29 is 0 Å². The van der Waals surface area contributed by atoms with Crippen molar-refractivity contribution in [1.82, 2.24) is 4.90 Å². The number of hydrogen-bond acceptors (Lipinski definition) is 2. The van der Waals surface area contributed by atoms with E-state index in [0.29, 0.717) is 4.99 Å². The van der Waals surface area contributed by atoms with Crippen LogP contribution in [0, 0.1) is 19.8 Å². The van der Waals surface area contributed by atoms with Crippen LogP contribution < -0.4 is 5.73 Å². The lowest BCUT2D eigenvalue weighted by atomic mass is 10.0. The first-order chi connectivity index (χ1) is 8.43. The van der Waals surface area contributed by atoms with Crippen LogP contribution in [-0.2, 0) is 6.54 Å². The monoisotopic (exact) mass is 264 g/mol. The zero-order chi connectivity index (χ0) is 13.7. The Morgan fingerprint density at radius 1 is 1.39 bits per heavy atom. The number of nitrogens with two attached hydrogens (primary N) is 1. The van der Waals surface area contributed by atoms with Gasteiger partial charge < -0.3 is 5.73 Å². The summed E-state index contributed by atoms with van der Waals surface area (Å²) in [6.45, 7) is 11.5. The molecule has 0 bridgehead atoms. The highest BCUT2D eigenvalue weighted by molar-refractivity contribution is 7.80. The van der Waals surface area contributed by atoms with Crippen molar-refractivity contribution in [2.45, 2.75) is 34.2 Å². The van der Waals surface area contributed by atoms with Crippen LogP contribution in [-0.4, -0.2) is 23.0 Å². The van der Waals surface area contributed by atoms with Crippen LogP contribution in [0.15, 0.2) is 18.2 Å². The molecule has 0 saturated carbocycles. The maximum atomic E-state index is 5.69. The summed E-state index contributed by atoms with van der Waals surface area (Å²) in [5.41, 5.74) is 9.75. The van der Waals surface area contributed by atoms with E-state index in [1.54, 1.807) is 0 Å². The topological polar surface area (TPSA) is 29.3 Å². The molecule has 1 atom stereocenters. The summed E-state index contributed by atoms with van der Waals surface area (Å²) >= 11 is 5.05. The molecule has 1 unspecified atom stereocenters. The van der Waals surface area contributed by atoms with E-state index >= 15 is 0 Å². The van der Waals surface area contributed by atoms with Crippen LogP contribution in [0.25, 0.3) is 0 Å². The lowest BCUT2D eigenvalue weighted by Gasteiger charge is -2.24. The van der Waals surface area contributed by atoms with E-state index in [-0.39, 0.29) is 5.92 Å². The smallest absolute Gasteiger partial charge is 0.0768 e. The fourth-order valence-electron chi connectivity index (χ4n) is 1.99. The molecule has 0 radical (unpaired) electrons. The maximum Gasteiger partial charge on any atom is 0.0768 e. The van der Waals surface area contributed by atoms with E-state index in [0.717, 1.165) is 19.6 Å². The molecule has 0 aliphatic carbocycles. The van der Waals surface area contributed by atoms with Gasteiger partial charge in [0, 0.05) is 19.0 Å². The molecule has 0 saturated heterocycles. The molecule has 3 heteroatoms. The SMILES string of the molecule is CCN(Cc1cc(C)ccc1C)CC(C)C(N)=S. The molecule has 1 rings (SSSR count). The third-order valence-electron chi connectivity index (χ3n) is 3.36. The van der Waals surface area contributed by atoms with Gasteiger partial charge in [-0.15, -0.1) is 0 Å². The van der Waals surface area contributed by atoms with Crippen molar-refractivity contribution in [1.29, 1.82) is 0 Å². The highest BCUT2D eigenvalue weighted by atomic mass is 32.1. The zero-order valence-corrected chi connectivity index (χ0v) is 12.7. The number of rotatable bonds is 6. The molecular formula is C15H24N2S. The second-order valence-corrected chi connectivity index (χ2v) is 5.53. The molecule has 1 aromatic carbocycles. The standard InChI is InChI=1S/C15H24N2S/c1-5-17(9-13(4)15(16)18)10-14-8-11(2)6-7-12(14)3/h6-8,13H,5,9-10H2,1-4H3,(H2,16,18). The van der Waals surface area contributed by atoms with Crippen molar-refractivity contribution in [3.05, 3.63) is 34.9 Å². The Labute approximate surface area is 116 Å². The predicted molar refractivity (Wildman–Crippen MR) is 82.8 cm³/mol. The Morgan fingerprint density at radius 2 is 2.06 bits per heavy atom. The van der Waals surface area contributed by atoms with Crippen LogP contribution in [0.1, 0.15) is 30.5 Å². The molecule has 0 fully saturated rings. The first-order valence-corrected chi connectivity index (χ1v) is 6.92. The Hall–Kier alpha value is -0.930. The molecule has 2 N–H and O–H groups in total. The fourth-order valence-corrected chi connectivity index (χ4v) is 2.07. The van der Waals surface area contributed by atoms with Gasteiger partial charge in [-0.3, -0.25) is 4.90 Å². The van der Waals surface area contributed by atoms with E-state index in [1.165, 1.54) is 16.7 Å². The van der Waals surface area contributed by atoms with Gasteiger partial charge in [0.2, 0.25) is 0 Å². The van der Waals surface area contributed by atoms with Crippen LogP contribution in [0.5, 0.6) is 0 Å². The summed E-state index contributed by atoms with van der Waals surface area (Å²) in [5.74, 6) is 0.269. The zero-order valence-electron chi connectivity index (χ0n) is 11.9. The van der Waals surface area contributed by atoms with Gasteiger partial charge in [-0.1, -0.05) is 49.8 Å². The summed E-state index contributed by atoms with van der Waals surface area (Å²) < 4.78 is 0. The van der Waals surface area contributed by atoms with Gasteiger partial charge in [0.15, 0.2) is 0 Å². The molecular weight excluding hydrogens is 240 g/mol. The fraction of sp³-hybridized carbons (Fsp3) is 0.533. The van der Waals surface area contributed by atoms with E-state index < -0.39 is 0 Å². The molecule has 0 aliphatic heterocycles. The van der Waals surface area contributed by atoms with Gasteiger partial charge in [-0.2, -0.15) is 0 Å². The van der Waals surface area contributed by atoms with Gasteiger partial charge in [0.1, 0.15) is 0 Å². The summed E-state index contributed by atoms with van der Waals surface area (Å²) in [4.78, 5) is 3.00. The first-order valence-electron chi connectivity index (χ1n) is 6.51. The van der Waals surface area contributed by atoms with E-state index in [9.17, 15) is 0 Å². The molecule has 100 valence electrons. The number of hydrogen-bond donors (Lipinski definition) is 1. The highest BCUT2D eigenvalue weighted by Gasteiger charge is 2.12. The van der Waals surface area contributed by atoms with E-state index in [4.69, 9.17) is 18.0 Å². The maximum absolute atomic E-state index is 5.69. The lowest BCUT2D eigenvalue weighted by molar-refractivity contribution is 0.263. The van der Waals surface area contributed by atoms with E-state index in [2.05, 4.69) is 50.8 Å². The minimum atomic E-state index is 0.269. The molecule has 0 amide bonds. The molecule has 2 nitrogen and oxygen atoms in total. The second kappa shape index (κ2) is 6.86. The Bertz CT molecular complexity index is 415. The first kappa shape index (κ1) is 15.1. The summed E-state index contributed by atoms with van der Waals surface area (Å²) in [6, 6.07) is 6.62. The van der Waals surface area contributed by atoms with Gasteiger partial charge in [0.05, 0.1) is 4.99 Å². The second-order valence-electron chi connectivity index (χ2n) is 5.06. The molecule has 1 aromatic rings. The van der Waals surface area contributed by atoms with Crippen molar-refractivity contribution in [2.24, 2.45) is 11.7 Å². The van der Waals surface area contributed by atoms with Gasteiger partial charge in [0.25, 0.3) is 0 Å². The minimum Gasteiger partial charge on any atom is -0.393 e. The molecule has 0 spiro atoms. The van der Waals surface area contributed by atoms with Crippen molar-refractivity contribution >= 4 is 17.2 Å². The summed E-state index contributed by atoms with van der Waals surface area (Å²) in [7, 11) is 0. The number of benzene rings is 1. The van der Waals surface area contributed by atoms with Crippen LogP contribution in [0.3, 0.4) is 0 Å². The average molecular weight is 264 g/mol. The minimum absolute atomic E-state index is 0.269. The van der Waals surface area contributed by atoms with Crippen molar-refractivity contribution in [2.75, 3.05) is 13.1 Å². The number of aryl methyl sites for hydroxylation is 2. The van der Waals surface area contributed by atoms with Gasteiger partial charge in [-0.05, 0) is 31.5 Å². The Balaban J connectivity index is 2.73. The third-order valence-corrected chi connectivity index (χ3v) is 3.77. The molecule has 18 heavy (non-hydrogen) atoms. The lowest BCUT2D eigenvalue weighted by Crippen LogP contribution is -2.33. The normalized spacial score (nSPS) is 12.7. The van der Waals surface area contributed by atoms with Gasteiger partial charge in [-0.25, -0.2) is 0 Å². The summed E-state index contributed by atoms with van der Waals surface area (Å²) in [5, 5.41) is 0. The molecule has 0 heterocycles. The summed E-state index contributed by atoms with van der Waals surface area (Å²) in [6.07, 6.45) is 0. The van der Waals surface area contributed by atoms with E-state index in [1.807, 2.05) is 0 Å². The average Bonchev–Trinajstić information content (AvgIpc) is 2.32. The third kappa shape index (κ3) is 4.39. The van der Waals surface area contributed by atoms with Crippen LogP contribution >= 0.6 is 12.2 Å². The number of nitrogens with zero attached hydrogens (tertiary/aromatic N) is 1. The predicted octanol–water partition coefficient (Wildman–Crippen LogP) is 3.05. The highest BCUT2D eigenvalue weighted by Crippen LogP contribution is 2.14. The van der Waals surface area contributed by atoms with Crippen molar-refractivity contribution in [3.63, 3.8) is 0 Å². The van der Waals surface area contributed by atoms with Crippen molar-refractivity contribution in [3.8, 4) is 0 Å². The molecule has 0 aliphatic rings. The molecule has 0 aromatic heterocycles. The Morgan fingerprint density at radius 3 is 2.61 bits per heavy atom. The van der Waals surface area contributed by atoms with Crippen LogP contribution in [0.2, 0.25) is 0 Å². The Kier molecular flexibility index (Phi) is 5.76.